The Bertz CT molecular complexity index is 559. The molecule has 4 atom stereocenters. The van der Waals surface area contributed by atoms with Gasteiger partial charge >= 0.3 is 5.97 Å². The molecule has 2 aliphatic rings. The molecule has 6 heteroatoms. The minimum Gasteiger partial charge on any atom is -0.480 e. The summed E-state index contributed by atoms with van der Waals surface area (Å²) >= 11 is 1.55. The number of thiophene rings is 1. The number of fused-ring (bicyclic) bond motifs is 2. The summed E-state index contributed by atoms with van der Waals surface area (Å²) in [6, 6.07) is 2.18. The lowest BCUT2D eigenvalue weighted by Crippen LogP contribution is -2.43. The Labute approximate surface area is 146 Å². The van der Waals surface area contributed by atoms with Gasteiger partial charge in [-0.1, -0.05) is 6.42 Å². The largest absolute Gasteiger partial charge is 0.480 e. The Morgan fingerprint density at radius 1 is 1.29 bits per heavy atom. The number of hydrogen-bond acceptors (Lipinski definition) is 4. The molecule has 132 valence electrons. The maximum atomic E-state index is 12.4. The molecule has 0 unspecified atom stereocenters. The molecule has 0 spiro atoms. The zero-order chi connectivity index (χ0) is 16.9. The van der Waals surface area contributed by atoms with Gasteiger partial charge in [0.25, 0.3) is 5.91 Å². The maximum absolute atomic E-state index is 12.4. The number of rotatable bonds is 9. The number of carbonyl (C=O) groups excluding carboxylic acids is 1. The van der Waals surface area contributed by atoms with E-state index in [2.05, 4.69) is 5.32 Å². The molecule has 24 heavy (non-hydrogen) atoms. The molecule has 2 fully saturated rings. The van der Waals surface area contributed by atoms with Crippen LogP contribution in [0.5, 0.6) is 0 Å². The van der Waals surface area contributed by atoms with Gasteiger partial charge in [0.1, 0.15) is 6.61 Å². The van der Waals surface area contributed by atoms with E-state index >= 15 is 0 Å². The molecule has 3 rings (SSSR count). The third-order valence-electron chi connectivity index (χ3n) is 5.47. The highest BCUT2D eigenvalue weighted by molar-refractivity contribution is 7.08. The summed E-state index contributed by atoms with van der Waals surface area (Å²) in [5.74, 6) is 1.07. The van der Waals surface area contributed by atoms with Crippen LogP contribution in [0.25, 0.3) is 0 Å². The van der Waals surface area contributed by atoms with Gasteiger partial charge < -0.3 is 15.2 Å². The fraction of sp³-hybridized carbons (Fsp3) is 0.667. The third-order valence-corrected chi connectivity index (χ3v) is 6.15. The lowest BCUT2D eigenvalue weighted by atomic mass is 9.81. The van der Waals surface area contributed by atoms with Crippen LogP contribution in [0, 0.1) is 17.8 Å². The van der Waals surface area contributed by atoms with E-state index in [4.69, 9.17) is 9.84 Å². The molecule has 5 nitrogen and oxygen atoms in total. The maximum Gasteiger partial charge on any atom is 0.329 e. The fourth-order valence-corrected chi connectivity index (χ4v) is 5.06. The van der Waals surface area contributed by atoms with Crippen molar-refractivity contribution >= 4 is 23.2 Å². The SMILES string of the molecule is O=C(O)COCCCC[C@H]1[C@@H]2CC[C@@H](C2)[C@@H]1NC(=O)c1ccsc1. The number of nitrogens with one attached hydrogen (secondary N) is 1. The predicted molar refractivity (Wildman–Crippen MR) is 92.2 cm³/mol. The van der Waals surface area contributed by atoms with E-state index in [1.54, 1.807) is 11.3 Å². The highest BCUT2D eigenvalue weighted by Gasteiger charge is 2.47. The Morgan fingerprint density at radius 3 is 2.88 bits per heavy atom. The number of hydrogen-bond donors (Lipinski definition) is 2. The molecule has 1 aromatic heterocycles. The lowest BCUT2D eigenvalue weighted by Gasteiger charge is -2.32. The Hall–Kier alpha value is -1.40. The van der Waals surface area contributed by atoms with Crippen molar-refractivity contribution in [1.29, 1.82) is 0 Å². The van der Waals surface area contributed by atoms with Gasteiger partial charge in [-0.25, -0.2) is 4.79 Å². The standard InChI is InChI=1S/C18H25NO4S/c20-16(21)10-23-7-2-1-3-15-12-4-5-13(9-12)17(15)19-18(22)14-6-8-24-11-14/h6,8,11-13,15,17H,1-5,7,9-10H2,(H,19,22)(H,20,21)/t12-,13+,15+,17+/m1/s1. The Balaban J connectivity index is 1.46. The topological polar surface area (TPSA) is 75.6 Å². The van der Waals surface area contributed by atoms with Gasteiger partial charge in [0, 0.05) is 23.6 Å². The number of ether oxygens (including phenoxy) is 1. The van der Waals surface area contributed by atoms with Crippen LogP contribution in [0.4, 0.5) is 0 Å². The van der Waals surface area contributed by atoms with E-state index in [1.807, 2.05) is 16.8 Å². The molecule has 2 bridgehead atoms. The first-order chi connectivity index (χ1) is 11.6. The molecular formula is C18H25NO4S. The second kappa shape index (κ2) is 8.12. The lowest BCUT2D eigenvalue weighted by molar-refractivity contribution is -0.142. The summed E-state index contributed by atoms with van der Waals surface area (Å²) in [6.45, 7) is 0.284. The number of amides is 1. The highest BCUT2D eigenvalue weighted by Crippen LogP contribution is 2.50. The second-order valence-corrected chi connectivity index (χ2v) is 7.73. The van der Waals surface area contributed by atoms with Gasteiger partial charge in [0.15, 0.2) is 0 Å². The average Bonchev–Trinajstić information content (AvgIpc) is 3.28. The molecule has 2 aliphatic carbocycles. The number of carboxylic acids is 1. The quantitative estimate of drug-likeness (QED) is 0.670. The van der Waals surface area contributed by atoms with Gasteiger partial charge in [-0.2, -0.15) is 11.3 Å². The minimum absolute atomic E-state index is 0.0589. The van der Waals surface area contributed by atoms with Crippen LogP contribution in [-0.2, 0) is 9.53 Å². The molecule has 2 N–H and O–H groups in total. The zero-order valence-electron chi connectivity index (χ0n) is 13.8. The van der Waals surface area contributed by atoms with Gasteiger partial charge in [-0.15, -0.1) is 0 Å². The van der Waals surface area contributed by atoms with Gasteiger partial charge in [0.2, 0.25) is 0 Å². The smallest absolute Gasteiger partial charge is 0.329 e. The van der Waals surface area contributed by atoms with Gasteiger partial charge in [-0.3, -0.25) is 4.79 Å². The van der Waals surface area contributed by atoms with Crippen molar-refractivity contribution in [3.05, 3.63) is 22.4 Å². The van der Waals surface area contributed by atoms with E-state index in [1.165, 1.54) is 19.3 Å². The van der Waals surface area contributed by atoms with Crippen LogP contribution in [0.3, 0.4) is 0 Å². The summed E-state index contributed by atoms with van der Waals surface area (Å²) in [4.78, 5) is 22.8. The minimum atomic E-state index is -0.917. The van der Waals surface area contributed by atoms with Crippen LogP contribution in [0.1, 0.15) is 48.9 Å². The summed E-state index contributed by atoms with van der Waals surface area (Å²) in [5.41, 5.74) is 0.767. The highest BCUT2D eigenvalue weighted by atomic mass is 32.1. The first kappa shape index (κ1) is 17.4. The summed E-state index contributed by atoms with van der Waals surface area (Å²) in [7, 11) is 0. The summed E-state index contributed by atoms with van der Waals surface area (Å²) in [6.07, 6.45) is 6.76. The summed E-state index contributed by atoms with van der Waals surface area (Å²) in [5, 5.41) is 15.7. The third kappa shape index (κ3) is 4.16. The predicted octanol–water partition coefficient (Wildman–Crippen LogP) is 3.16. The average molecular weight is 351 g/mol. The molecule has 0 aromatic carbocycles. The van der Waals surface area contributed by atoms with E-state index in [-0.39, 0.29) is 12.5 Å². The molecule has 2 saturated carbocycles. The number of carboxylic acid groups (broad SMARTS) is 1. The second-order valence-electron chi connectivity index (χ2n) is 6.95. The van der Waals surface area contributed by atoms with Gasteiger partial charge in [-0.05, 0) is 61.3 Å². The summed E-state index contributed by atoms with van der Waals surface area (Å²) < 4.78 is 5.09. The van der Waals surface area contributed by atoms with E-state index in [0.29, 0.717) is 24.5 Å². The molecule has 0 radical (unpaired) electrons. The van der Waals surface area contributed by atoms with Gasteiger partial charge in [0.05, 0.1) is 0 Å². The van der Waals surface area contributed by atoms with E-state index in [0.717, 1.165) is 30.7 Å². The molecule has 1 aromatic rings. The van der Waals surface area contributed by atoms with Crippen molar-refractivity contribution in [2.75, 3.05) is 13.2 Å². The van der Waals surface area contributed by atoms with Crippen LogP contribution in [0.15, 0.2) is 16.8 Å². The fourth-order valence-electron chi connectivity index (χ4n) is 4.42. The first-order valence-electron chi connectivity index (χ1n) is 8.77. The Morgan fingerprint density at radius 2 is 2.12 bits per heavy atom. The monoisotopic (exact) mass is 351 g/mol. The normalized spacial score (nSPS) is 28.2. The number of unbranched alkanes of at least 4 members (excludes halogenated alkanes) is 1. The molecule has 0 saturated heterocycles. The van der Waals surface area contributed by atoms with Crippen molar-refractivity contribution in [3.8, 4) is 0 Å². The van der Waals surface area contributed by atoms with Crippen molar-refractivity contribution in [2.45, 2.75) is 44.6 Å². The Kier molecular flexibility index (Phi) is 5.89. The number of aliphatic carboxylic acids is 1. The first-order valence-corrected chi connectivity index (χ1v) is 9.72. The van der Waals surface area contributed by atoms with Crippen LogP contribution in [-0.4, -0.2) is 36.2 Å². The van der Waals surface area contributed by atoms with Crippen LogP contribution in [0.2, 0.25) is 0 Å². The van der Waals surface area contributed by atoms with Crippen molar-refractivity contribution in [2.24, 2.45) is 17.8 Å². The molecule has 0 aliphatic heterocycles. The van der Waals surface area contributed by atoms with E-state index < -0.39 is 5.97 Å². The van der Waals surface area contributed by atoms with E-state index in [9.17, 15) is 9.59 Å². The van der Waals surface area contributed by atoms with Crippen molar-refractivity contribution in [1.82, 2.24) is 5.32 Å². The zero-order valence-corrected chi connectivity index (χ0v) is 14.6. The molecule has 1 amide bonds. The van der Waals surface area contributed by atoms with Crippen molar-refractivity contribution < 1.29 is 19.4 Å². The molecule has 1 heterocycles. The van der Waals surface area contributed by atoms with Crippen LogP contribution >= 0.6 is 11.3 Å². The number of carbonyl (C=O) groups is 2. The molecular weight excluding hydrogens is 326 g/mol. The van der Waals surface area contributed by atoms with Crippen molar-refractivity contribution in [3.63, 3.8) is 0 Å². The van der Waals surface area contributed by atoms with Crippen LogP contribution < -0.4 is 5.32 Å².